The molecule has 0 spiro atoms. The molecule has 5 heteroatoms. The molecule has 0 saturated carbocycles. The van der Waals surface area contributed by atoms with Crippen molar-refractivity contribution in [1.82, 2.24) is 0 Å². The van der Waals surface area contributed by atoms with E-state index < -0.39 is 12.3 Å². The highest BCUT2D eigenvalue weighted by Gasteiger charge is 2.44. The smallest absolute Gasteiger partial charge is 0.337 e. The summed E-state index contributed by atoms with van der Waals surface area (Å²) >= 11 is 0. The van der Waals surface area contributed by atoms with Gasteiger partial charge in [-0.25, -0.2) is 4.79 Å². The van der Waals surface area contributed by atoms with Gasteiger partial charge in [-0.05, 0) is 12.0 Å². The number of aldehydes is 1. The van der Waals surface area contributed by atoms with Gasteiger partial charge in [-0.3, -0.25) is 4.79 Å². The Hall–Kier alpha value is -1.62. The van der Waals surface area contributed by atoms with Crippen molar-refractivity contribution in [1.29, 1.82) is 0 Å². The molecule has 0 aromatic rings. The maximum absolute atomic E-state index is 11.6. The highest BCUT2D eigenvalue weighted by atomic mass is 16.7. The number of methoxy groups -OCH3 is 2. The molecular weight excluding hydrogens is 224 g/mol. The summed E-state index contributed by atoms with van der Waals surface area (Å²) < 4.78 is 15.2. The van der Waals surface area contributed by atoms with Crippen molar-refractivity contribution in [3.8, 4) is 0 Å². The van der Waals surface area contributed by atoms with Crippen molar-refractivity contribution in [2.24, 2.45) is 11.8 Å². The van der Waals surface area contributed by atoms with E-state index in [1.165, 1.54) is 20.5 Å². The Kier molecular flexibility index (Phi) is 3.28. The van der Waals surface area contributed by atoms with E-state index in [-0.39, 0.29) is 11.8 Å². The molecule has 0 N–H and O–H groups in total. The van der Waals surface area contributed by atoms with Gasteiger partial charge in [-0.2, -0.15) is 0 Å². The zero-order valence-corrected chi connectivity index (χ0v) is 9.71. The lowest BCUT2D eigenvalue weighted by Gasteiger charge is -2.32. The average Bonchev–Trinajstić information content (AvgIpc) is 2.80. The number of carbonyl (C=O) groups is 2. The lowest BCUT2D eigenvalue weighted by molar-refractivity contribution is -0.146. The van der Waals surface area contributed by atoms with Crippen molar-refractivity contribution < 1.29 is 23.8 Å². The molecule has 3 atom stereocenters. The molecule has 2 rings (SSSR count). The molecule has 2 aliphatic rings. The Balaban J connectivity index is 2.30. The molecule has 1 heterocycles. The third-order valence-corrected chi connectivity index (χ3v) is 3.24. The van der Waals surface area contributed by atoms with Crippen LogP contribution < -0.4 is 0 Å². The van der Waals surface area contributed by atoms with E-state index in [1.54, 1.807) is 0 Å². The molecule has 5 nitrogen and oxygen atoms in total. The number of allylic oxidation sites excluding steroid dienone is 1. The number of hydrogen-bond donors (Lipinski definition) is 0. The van der Waals surface area contributed by atoms with E-state index in [9.17, 15) is 9.59 Å². The summed E-state index contributed by atoms with van der Waals surface area (Å²) in [5, 5.41) is 0. The van der Waals surface area contributed by atoms with Crippen molar-refractivity contribution in [3.05, 3.63) is 23.5 Å². The van der Waals surface area contributed by atoms with Crippen LogP contribution in [0, 0.1) is 11.8 Å². The van der Waals surface area contributed by atoms with E-state index in [4.69, 9.17) is 14.2 Å². The standard InChI is InChI=1S/C12H14O5/c1-15-11(14)9-6-17-12(16-2)10-7(5-13)3-4-8(9)10/h3,5-6,8,10,12H,4H2,1-2H3. The van der Waals surface area contributed by atoms with Gasteiger partial charge in [-0.15, -0.1) is 0 Å². The van der Waals surface area contributed by atoms with E-state index in [0.29, 0.717) is 17.6 Å². The Bertz CT molecular complexity index is 396. The van der Waals surface area contributed by atoms with Gasteiger partial charge in [0, 0.05) is 13.0 Å². The number of rotatable bonds is 3. The first-order valence-corrected chi connectivity index (χ1v) is 5.34. The molecule has 1 aliphatic heterocycles. The lowest BCUT2D eigenvalue weighted by Crippen LogP contribution is -2.36. The molecule has 3 unspecified atom stereocenters. The van der Waals surface area contributed by atoms with Crippen LogP contribution in [0.1, 0.15) is 6.42 Å². The number of fused-ring (bicyclic) bond motifs is 1. The molecule has 0 amide bonds. The second-order valence-corrected chi connectivity index (χ2v) is 3.99. The van der Waals surface area contributed by atoms with Gasteiger partial charge in [0.1, 0.15) is 6.29 Å². The maximum atomic E-state index is 11.6. The van der Waals surface area contributed by atoms with Crippen LogP contribution in [0.4, 0.5) is 0 Å². The number of ether oxygens (including phenoxy) is 3. The number of esters is 1. The van der Waals surface area contributed by atoms with E-state index in [1.807, 2.05) is 6.08 Å². The van der Waals surface area contributed by atoms with Gasteiger partial charge in [-0.1, -0.05) is 6.08 Å². The quantitative estimate of drug-likeness (QED) is 0.537. The molecule has 0 fully saturated rings. The third-order valence-electron chi connectivity index (χ3n) is 3.24. The van der Waals surface area contributed by atoms with Crippen LogP contribution >= 0.6 is 0 Å². The minimum atomic E-state index is -0.521. The molecule has 0 aromatic carbocycles. The topological polar surface area (TPSA) is 61.8 Å². The van der Waals surface area contributed by atoms with E-state index in [0.717, 1.165) is 6.29 Å². The lowest BCUT2D eigenvalue weighted by atomic mass is 9.84. The molecule has 1 aliphatic carbocycles. The van der Waals surface area contributed by atoms with Gasteiger partial charge in [0.2, 0.25) is 6.29 Å². The van der Waals surface area contributed by atoms with Gasteiger partial charge < -0.3 is 14.2 Å². The number of hydrogen-bond acceptors (Lipinski definition) is 5. The summed E-state index contributed by atoms with van der Waals surface area (Å²) in [6, 6.07) is 0. The highest BCUT2D eigenvalue weighted by molar-refractivity contribution is 5.90. The third kappa shape index (κ3) is 1.86. The minimum absolute atomic E-state index is 0.0960. The van der Waals surface area contributed by atoms with Gasteiger partial charge in [0.05, 0.1) is 24.9 Å². The SMILES string of the molecule is COC(=O)C1=COC(OC)C2C(C=O)=CCC12. The largest absolute Gasteiger partial charge is 0.471 e. The van der Waals surface area contributed by atoms with Crippen LogP contribution in [-0.4, -0.2) is 32.8 Å². The summed E-state index contributed by atoms with van der Waals surface area (Å²) in [5.74, 6) is -0.743. The van der Waals surface area contributed by atoms with Crippen molar-refractivity contribution in [2.45, 2.75) is 12.7 Å². The monoisotopic (exact) mass is 238 g/mol. The second kappa shape index (κ2) is 4.71. The van der Waals surface area contributed by atoms with E-state index in [2.05, 4.69) is 0 Å². The minimum Gasteiger partial charge on any atom is -0.471 e. The maximum Gasteiger partial charge on any atom is 0.337 e. The van der Waals surface area contributed by atoms with Crippen LogP contribution in [0.15, 0.2) is 23.5 Å². The van der Waals surface area contributed by atoms with Crippen LogP contribution in [0.3, 0.4) is 0 Å². The van der Waals surface area contributed by atoms with Gasteiger partial charge in [0.25, 0.3) is 0 Å². The molecule has 0 radical (unpaired) electrons. The highest BCUT2D eigenvalue weighted by Crippen LogP contribution is 2.42. The second-order valence-electron chi connectivity index (χ2n) is 3.99. The zero-order chi connectivity index (χ0) is 12.4. The van der Waals surface area contributed by atoms with Crippen LogP contribution in [0.25, 0.3) is 0 Å². The summed E-state index contributed by atoms with van der Waals surface area (Å²) in [6.07, 6.45) is 4.10. The van der Waals surface area contributed by atoms with Crippen molar-refractivity contribution in [2.75, 3.05) is 14.2 Å². The first-order chi connectivity index (χ1) is 8.22. The molecular formula is C12H14O5. The normalized spacial score (nSPS) is 30.8. The number of carbonyl (C=O) groups excluding carboxylic acids is 2. The molecule has 0 bridgehead atoms. The van der Waals surface area contributed by atoms with E-state index >= 15 is 0 Å². The van der Waals surface area contributed by atoms with Crippen LogP contribution in [-0.2, 0) is 23.8 Å². The summed E-state index contributed by atoms with van der Waals surface area (Å²) in [7, 11) is 2.84. The molecule has 17 heavy (non-hydrogen) atoms. The van der Waals surface area contributed by atoms with Gasteiger partial charge in [0.15, 0.2) is 0 Å². The van der Waals surface area contributed by atoms with Crippen LogP contribution in [0.5, 0.6) is 0 Å². The Morgan fingerprint density at radius 1 is 1.53 bits per heavy atom. The van der Waals surface area contributed by atoms with Crippen molar-refractivity contribution >= 4 is 12.3 Å². The summed E-state index contributed by atoms with van der Waals surface area (Å²) in [4.78, 5) is 22.5. The predicted molar refractivity (Wildman–Crippen MR) is 57.7 cm³/mol. The average molecular weight is 238 g/mol. The predicted octanol–water partition coefficient (Wildman–Crippen LogP) is 0.807. The first kappa shape index (κ1) is 11.9. The summed E-state index contributed by atoms with van der Waals surface area (Å²) in [5.41, 5.74) is 1.08. The fraction of sp³-hybridized carbons (Fsp3) is 0.500. The zero-order valence-electron chi connectivity index (χ0n) is 9.71. The Labute approximate surface area is 99.0 Å². The van der Waals surface area contributed by atoms with Gasteiger partial charge >= 0.3 is 5.97 Å². The molecule has 0 aromatic heterocycles. The molecule has 0 saturated heterocycles. The van der Waals surface area contributed by atoms with Crippen LogP contribution in [0.2, 0.25) is 0 Å². The van der Waals surface area contributed by atoms with Crippen molar-refractivity contribution in [3.63, 3.8) is 0 Å². The first-order valence-electron chi connectivity index (χ1n) is 5.34. The fourth-order valence-corrected chi connectivity index (χ4v) is 2.40. The summed E-state index contributed by atoms with van der Waals surface area (Å²) in [6.45, 7) is 0. The molecule has 92 valence electrons. The Morgan fingerprint density at radius 3 is 2.88 bits per heavy atom. The fourth-order valence-electron chi connectivity index (χ4n) is 2.40. The Morgan fingerprint density at radius 2 is 2.29 bits per heavy atom.